The van der Waals surface area contributed by atoms with E-state index in [1.165, 1.54) is 11.1 Å². The number of nitrogens with zero attached hydrogens (tertiary/aromatic N) is 1. The van der Waals surface area contributed by atoms with Crippen LogP contribution >= 0.6 is 0 Å². The SMILES string of the molecule is Cc1cccc(CCCNC(=O)c2ccc3nc[nH]c3c2)c1. The van der Waals surface area contributed by atoms with Gasteiger partial charge in [0.05, 0.1) is 17.4 Å². The summed E-state index contributed by atoms with van der Waals surface area (Å²) in [6.45, 7) is 2.77. The molecule has 2 N–H and O–H groups in total. The van der Waals surface area contributed by atoms with Gasteiger partial charge in [-0.25, -0.2) is 4.98 Å². The van der Waals surface area contributed by atoms with Gasteiger partial charge in [-0.3, -0.25) is 4.79 Å². The highest BCUT2D eigenvalue weighted by Gasteiger charge is 2.06. The van der Waals surface area contributed by atoms with Crippen LogP contribution < -0.4 is 5.32 Å². The Morgan fingerprint density at radius 3 is 3.00 bits per heavy atom. The lowest BCUT2D eigenvalue weighted by Crippen LogP contribution is -2.24. The Labute approximate surface area is 129 Å². The molecular weight excluding hydrogens is 274 g/mol. The third-order valence-corrected chi connectivity index (χ3v) is 3.69. The van der Waals surface area contributed by atoms with Gasteiger partial charge in [0, 0.05) is 12.1 Å². The topological polar surface area (TPSA) is 57.8 Å². The lowest BCUT2D eigenvalue weighted by Gasteiger charge is -2.06. The first-order valence-corrected chi connectivity index (χ1v) is 7.49. The molecule has 22 heavy (non-hydrogen) atoms. The molecular formula is C18H19N3O. The van der Waals surface area contributed by atoms with Crippen molar-refractivity contribution in [2.75, 3.05) is 6.54 Å². The average Bonchev–Trinajstić information content (AvgIpc) is 2.99. The number of aromatic amines is 1. The molecule has 0 bridgehead atoms. The molecule has 0 unspecified atom stereocenters. The van der Waals surface area contributed by atoms with Crippen LogP contribution in [-0.4, -0.2) is 22.4 Å². The second kappa shape index (κ2) is 6.43. The van der Waals surface area contributed by atoms with Gasteiger partial charge < -0.3 is 10.3 Å². The van der Waals surface area contributed by atoms with Crippen molar-refractivity contribution < 1.29 is 4.79 Å². The van der Waals surface area contributed by atoms with E-state index < -0.39 is 0 Å². The Kier molecular flexibility index (Phi) is 4.19. The van der Waals surface area contributed by atoms with Crippen LogP contribution in [0.2, 0.25) is 0 Å². The molecule has 0 aliphatic carbocycles. The second-order valence-corrected chi connectivity index (χ2v) is 5.48. The van der Waals surface area contributed by atoms with Crippen LogP contribution in [0, 0.1) is 6.92 Å². The van der Waals surface area contributed by atoms with Gasteiger partial charge in [0.2, 0.25) is 0 Å². The van der Waals surface area contributed by atoms with E-state index in [0.29, 0.717) is 12.1 Å². The van der Waals surface area contributed by atoms with E-state index >= 15 is 0 Å². The van der Waals surface area contributed by atoms with Gasteiger partial charge in [0.1, 0.15) is 0 Å². The molecule has 4 nitrogen and oxygen atoms in total. The third-order valence-electron chi connectivity index (χ3n) is 3.69. The number of nitrogens with one attached hydrogen (secondary N) is 2. The molecule has 0 radical (unpaired) electrons. The van der Waals surface area contributed by atoms with Crippen molar-refractivity contribution in [3.63, 3.8) is 0 Å². The van der Waals surface area contributed by atoms with Crippen LogP contribution in [0.15, 0.2) is 48.8 Å². The number of hydrogen-bond donors (Lipinski definition) is 2. The van der Waals surface area contributed by atoms with Gasteiger partial charge in [-0.2, -0.15) is 0 Å². The first-order valence-electron chi connectivity index (χ1n) is 7.49. The largest absolute Gasteiger partial charge is 0.352 e. The number of carbonyl (C=O) groups is 1. The van der Waals surface area contributed by atoms with Gasteiger partial charge in [0.15, 0.2) is 0 Å². The maximum absolute atomic E-state index is 12.1. The summed E-state index contributed by atoms with van der Waals surface area (Å²) >= 11 is 0. The number of rotatable bonds is 5. The van der Waals surface area contributed by atoms with Gasteiger partial charge in [-0.1, -0.05) is 29.8 Å². The van der Waals surface area contributed by atoms with Gasteiger partial charge in [-0.05, 0) is 43.5 Å². The summed E-state index contributed by atoms with van der Waals surface area (Å²) in [7, 11) is 0. The number of aromatic nitrogens is 2. The molecule has 1 amide bonds. The number of H-pyrrole nitrogens is 1. The first kappa shape index (κ1) is 14.3. The maximum atomic E-state index is 12.1. The highest BCUT2D eigenvalue weighted by molar-refractivity contribution is 5.97. The van der Waals surface area contributed by atoms with E-state index in [0.717, 1.165) is 23.9 Å². The molecule has 4 heteroatoms. The van der Waals surface area contributed by atoms with Crippen molar-refractivity contribution in [1.82, 2.24) is 15.3 Å². The molecule has 0 aliphatic rings. The highest BCUT2D eigenvalue weighted by atomic mass is 16.1. The van der Waals surface area contributed by atoms with Gasteiger partial charge >= 0.3 is 0 Å². The monoisotopic (exact) mass is 293 g/mol. The fourth-order valence-electron chi connectivity index (χ4n) is 2.54. The van der Waals surface area contributed by atoms with Crippen LogP contribution in [0.1, 0.15) is 27.9 Å². The number of benzene rings is 2. The highest BCUT2D eigenvalue weighted by Crippen LogP contribution is 2.11. The van der Waals surface area contributed by atoms with E-state index in [-0.39, 0.29) is 5.91 Å². The Hall–Kier alpha value is -2.62. The summed E-state index contributed by atoms with van der Waals surface area (Å²) in [4.78, 5) is 19.3. The number of fused-ring (bicyclic) bond motifs is 1. The Balaban J connectivity index is 1.51. The predicted molar refractivity (Wildman–Crippen MR) is 87.9 cm³/mol. The smallest absolute Gasteiger partial charge is 0.251 e. The zero-order chi connectivity index (χ0) is 15.4. The lowest BCUT2D eigenvalue weighted by atomic mass is 10.1. The summed E-state index contributed by atoms with van der Waals surface area (Å²) < 4.78 is 0. The summed E-state index contributed by atoms with van der Waals surface area (Å²) in [5.74, 6) is -0.0410. The minimum atomic E-state index is -0.0410. The standard InChI is InChI=1S/C18H19N3O/c1-13-4-2-5-14(10-13)6-3-9-19-18(22)15-7-8-16-17(11-15)21-12-20-16/h2,4-5,7-8,10-12H,3,6,9H2,1H3,(H,19,22)(H,20,21). The van der Waals surface area contributed by atoms with E-state index in [9.17, 15) is 4.79 Å². The fraction of sp³-hybridized carbons (Fsp3) is 0.222. The molecule has 0 aliphatic heterocycles. The molecule has 3 rings (SSSR count). The molecule has 1 heterocycles. The number of aryl methyl sites for hydroxylation is 2. The maximum Gasteiger partial charge on any atom is 0.251 e. The normalized spacial score (nSPS) is 10.8. The van der Waals surface area contributed by atoms with Crippen molar-refractivity contribution >= 4 is 16.9 Å². The zero-order valence-corrected chi connectivity index (χ0v) is 12.6. The summed E-state index contributed by atoms with van der Waals surface area (Å²) in [5.41, 5.74) is 5.00. The van der Waals surface area contributed by atoms with Crippen molar-refractivity contribution in [2.45, 2.75) is 19.8 Å². The van der Waals surface area contributed by atoms with Crippen LogP contribution in [0.3, 0.4) is 0 Å². The molecule has 0 saturated carbocycles. The lowest BCUT2D eigenvalue weighted by molar-refractivity contribution is 0.0953. The number of amides is 1. The first-order chi connectivity index (χ1) is 10.7. The van der Waals surface area contributed by atoms with E-state index in [2.05, 4.69) is 46.5 Å². The summed E-state index contributed by atoms with van der Waals surface area (Å²) in [6.07, 6.45) is 3.54. The number of hydrogen-bond acceptors (Lipinski definition) is 2. The second-order valence-electron chi connectivity index (χ2n) is 5.48. The average molecular weight is 293 g/mol. The molecule has 0 atom stereocenters. The van der Waals surface area contributed by atoms with Crippen molar-refractivity contribution in [1.29, 1.82) is 0 Å². The summed E-state index contributed by atoms with van der Waals surface area (Å²) in [6, 6.07) is 14.0. The minimum Gasteiger partial charge on any atom is -0.352 e. The number of imidazole rings is 1. The van der Waals surface area contributed by atoms with E-state index in [1.807, 2.05) is 12.1 Å². The van der Waals surface area contributed by atoms with Crippen LogP contribution in [0.4, 0.5) is 0 Å². The molecule has 0 spiro atoms. The molecule has 0 saturated heterocycles. The van der Waals surface area contributed by atoms with Gasteiger partial charge in [0.25, 0.3) is 5.91 Å². The van der Waals surface area contributed by atoms with Crippen LogP contribution in [0.25, 0.3) is 11.0 Å². The van der Waals surface area contributed by atoms with E-state index in [1.54, 1.807) is 12.4 Å². The molecule has 0 fully saturated rings. The van der Waals surface area contributed by atoms with E-state index in [4.69, 9.17) is 0 Å². The molecule has 3 aromatic rings. The van der Waals surface area contributed by atoms with Crippen LogP contribution in [0.5, 0.6) is 0 Å². The molecule has 112 valence electrons. The van der Waals surface area contributed by atoms with Gasteiger partial charge in [-0.15, -0.1) is 0 Å². The van der Waals surface area contributed by atoms with Crippen molar-refractivity contribution in [3.8, 4) is 0 Å². The molecule has 1 aromatic heterocycles. The Morgan fingerprint density at radius 1 is 1.23 bits per heavy atom. The zero-order valence-electron chi connectivity index (χ0n) is 12.6. The predicted octanol–water partition coefficient (Wildman–Crippen LogP) is 3.23. The molecule has 2 aromatic carbocycles. The van der Waals surface area contributed by atoms with Crippen LogP contribution in [-0.2, 0) is 6.42 Å². The van der Waals surface area contributed by atoms with Crippen molar-refractivity contribution in [3.05, 3.63) is 65.5 Å². The Bertz CT molecular complexity index is 792. The Morgan fingerprint density at radius 2 is 2.14 bits per heavy atom. The minimum absolute atomic E-state index is 0.0410. The van der Waals surface area contributed by atoms with Crippen molar-refractivity contribution in [2.24, 2.45) is 0 Å². The summed E-state index contributed by atoms with van der Waals surface area (Å²) in [5, 5.41) is 2.97. The third kappa shape index (κ3) is 3.34. The number of carbonyl (C=O) groups excluding carboxylic acids is 1. The quantitative estimate of drug-likeness (QED) is 0.710. The fourth-order valence-corrected chi connectivity index (χ4v) is 2.54.